The summed E-state index contributed by atoms with van der Waals surface area (Å²) in [5.74, 6) is -0.333. The molecule has 0 saturated heterocycles. The lowest BCUT2D eigenvalue weighted by Crippen LogP contribution is -1.91. The van der Waals surface area contributed by atoms with Crippen molar-refractivity contribution in [2.75, 3.05) is 5.73 Å². The molecule has 3 heteroatoms. The molecular formula is C9H12FNS. The first kappa shape index (κ1) is 9.39. The molecule has 0 aliphatic heterocycles. The maximum Gasteiger partial charge on any atom is 0.147 e. The fourth-order valence-corrected chi connectivity index (χ4v) is 1.72. The molecule has 12 heavy (non-hydrogen) atoms. The summed E-state index contributed by atoms with van der Waals surface area (Å²) < 4.78 is 12.9. The van der Waals surface area contributed by atoms with Crippen molar-refractivity contribution in [1.29, 1.82) is 0 Å². The van der Waals surface area contributed by atoms with Crippen molar-refractivity contribution in [2.45, 2.75) is 24.0 Å². The van der Waals surface area contributed by atoms with Crippen LogP contribution < -0.4 is 5.73 Å². The van der Waals surface area contributed by atoms with Gasteiger partial charge in [0.05, 0.1) is 5.69 Å². The molecule has 0 atom stereocenters. The number of hydrogen-bond donors (Lipinski definition) is 1. The van der Waals surface area contributed by atoms with Crippen molar-refractivity contribution < 1.29 is 4.39 Å². The van der Waals surface area contributed by atoms with Gasteiger partial charge in [0, 0.05) is 10.1 Å². The first-order chi connectivity index (χ1) is 5.59. The standard InChI is InChI=1S/C9H12FNS/c1-6(2)12-7-3-4-9(11)8(10)5-7/h3-6H,11H2,1-2H3. The SMILES string of the molecule is CC(C)Sc1ccc(N)c(F)c1. The highest BCUT2D eigenvalue weighted by Crippen LogP contribution is 2.25. The second kappa shape index (κ2) is 3.81. The summed E-state index contributed by atoms with van der Waals surface area (Å²) in [5.41, 5.74) is 5.55. The van der Waals surface area contributed by atoms with Crippen LogP contribution in [0, 0.1) is 5.82 Å². The van der Waals surface area contributed by atoms with Gasteiger partial charge in [0.1, 0.15) is 5.82 Å². The summed E-state index contributed by atoms with van der Waals surface area (Å²) in [5, 5.41) is 0.466. The lowest BCUT2D eigenvalue weighted by Gasteiger charge is -2.05. The molecule has 0 aromatic heterocycles. The van der Waals surface area contributed by atoms with Crippen molar-refractivity contribution in [3.05, 3.63) is 24.0 Å². The quantitative estimate of drug-likeness (QED) is 0.566. The van der Waals surface area contributed by atoms with Gasteiger partial charge in [-0.1, -0.05) is 13.8 Å². The van der Waals surface area contributed by atoms with E-state index >= 15 is 0 Å². The number of rotatable bonds is 2. The minimum atomic E-state index is -0.333. The Labute approximate surface area is 76.2 Å². The minimum absolute atomic E-state index is 0.211. The Morgan fingerprint density at radius 2 is 2.08 bits per heavy atom. The van der Waals surface area contributed by atoms with E-state index < -0.39 is 0 Å². The van der Waals surface area contributed by atoms with Crippen LogP contribution in [0.4, 0.5) is 10.1 Å². The molecule has 66 valence electrons. The van der Waals surface area contributed by atoms with E-state index in [1.165, 1.54) is 6.07 Å². The van der Waals surface area contributed by atoms with E-state index in [1.54, 1.807) is 17.8 Å². The van der Waals surface area contributed by atoms with Gasteiger partial charge in [0.15, 0.2) is 0 Å². The highest BCUT2D eigenvalue weighted by Gasteiger charge is 2.01. The van der Waals surface area contributed by atoms with E-state index in [0.29, 0.717) is 5.25 Å². The Hall–Kier alpha value is -0.700. The van der Waals surface area contributed by atoms with E-state index in [0.717, 1.165) is 4.90 Å². The van der Waals surface area contributed by atoms with Gasteiger partial charge in [0.2, 0.25) is 0 Å². The van der Waals surface area contributed by atoms with Crippen molar-refractivity contribution in [3.8, 4) is 0 Å². The van der Waals surface area contributed by atoms with Crippen LogP contribution in [0.1, 0.15) is 13.8 Å². The molecule has 0 fully saturated rings. The van der Waals surface area contributed by atoms with Crippen LogP contribution in [0.15, 0.2) is 23.1 Å². The second-order valence-electron chi connectivity index (χ2n) is 2.85. The molecule has 1 aromatic carbocycles. The Morgan fingerprint density at radius 3 is 2.58 bits per heavy atom. The predicted octanol–water partition coefficient (Wildman–Crippen LogP) is 2.91. The average molecular weight is 185 g/mol. The van der Waals surface area contributed by atoms with Crippen LogP contribution >= 0.6 is 11.8 Å². The zero-order chi connectivity index (χ0) is 9.14. The molecule has 0 unspecified atom stereocenters. The minimum Gasteiger partial charge on any atom is -0.396 e. The van der Waals surface area contributed by atoms with Gasteiger partial charge in [0.25, 0.3) is 0 Å². The van der Waals surface area contributed by atoms with Crippen LogP contribution in [-0.4, -0.2) is 5.25 Å². The third kappa shape index (κ3) is 2.41. The van der Waals surface area contributed by atoms with E-state index in [1.807, 2.05) is 6.07 Å². The number of halogens is 1. The molecule has 0 bridgehead atoms. The van der Waals surface area contributed by atoms with Crippen molar-refractivity contribution >= 4 is 17.4 Å². The lowest BCUT2D eigenvalue weighted by molar-refractivity contribution is 0.629. The molecule has 1 rings (SSSR count). The Morgan fingerprint density at radius 1 is 1.42 bits per heavy atom. The summed E-state index contributed by atoms with van der Waals surface area (Å²) in [6, 6.07) is 4.91. The molecule has 0 heterocycles. The van der Waals surface area contributed by atoms with Gasteiger partial charge >= 0.3 is 0 Å². The molecule has 0 amide bonds. The Balaban J connectivity index is 2.82. The molecule has 0 radical (unpaired) electrons. The summed E-state index contributed by atoms with van der Waals surface area (Å²) >= 11 is 1.63. The van der Waals surface area contributed by atoms with Crippen LogP contribution in [0.5, 0.6) is 0 Å². The number of benzene rings is 1. The van der Waals surface area contributed by atoms with E-state index in [-0.39, 0.29) is 11.5 Å². The fraction of sp³-hybridized carbons (Fsp3) is 0.333. The number of anilines is 1. The summed E-state index contributed by atoms with van der Waals surface area (Å²) in [7, 11) is 0. The largest absolute Gasteiger partial charge is 0.396 e. The van der Waals surface area contributed by atoms with Crippen molar-refractivity contribution in [3.63, 3.8) is 0 Å². The first-order valence-corrected chi connectivity index (χ1v) is 4.69. The number of thioether (sulfide) groups is 1. The van der Waals surface area contributed by atoms with Crippen molar-refractivity contribution in [2.24, 2.45) is 0 Å². The van der Waals surface area contributed by atoms with Crippen LogP contribution in [0.3, 0.4) is 0 Å². The zero-order valence-electron chi connectivity index (χ0n) is 7.17. The summed E-state index contributed by atoms with van der Waals surface area (Å²) in [6.07, 6.45) is 0. The molecule has 2 N–H and O–H groups in total. The molecule has 1 nitrogen and oxygen atoms in total. The average Bonchev–Trinajstić information content (AvgIpc) is 1.96. The van der Waals surface area contributed by atoms with E-state index in [9.17, 15) is 4.39 Å². The highest BCUT2D eigenvalue weighted by molar-refractivity contribution is 7.99. The fourth-order valence-electron chi connectivity index (χ4n) is 0.853. The third-order valence-corrected chi connectivity index (χ3v) is 2.34. The van der Waals surface area contributed by atoms with Gasteiger partial charge in [-0.15, -0.1) is 11.8 Å². The first-order valence-electron chi connectivity index (χ1n) is 3.81. The van der Waals surface area contributed by atoms with Gasteiger partial charge in [-0.25, -0.2) is 4.39 Å². The maximum absolute atomic E-state index is 12.9. The second-order valence-corrected chi connectivity index (χ2v) is 4.50. The molecular weight excluding hydrogens is 173 g/mol. The molecule has 0 spiro atoms. The molecule has 0 aliphatic rings. The number of nitrogen functional groups attached to an aromatic ring is 1. The van der Waals surface area contributed by atoms with Crippen LogP contribution in [0.25, 0.3) is 0 Å². The van der Waals surface area contributed by atoms with Gasteiger partial charge in [-0.05, 0) is 18.2 Å². The van der Waals surface area contributed by atoms with Gasteiger partial charge in [-0.3, -0.25) is 0 Å². The van der Waals surface area contributed by atoms with Crippen LogP contribution in [0.2, 0.25) is 0 Å². The van der Waals surface area contributed by atoms with Crippen molar-refractivity contribution in [1.82, 2.24) is 0 Å². The zero-order valence-corrected chi connectivity index (χ0v) is 7.99. The number of hydrogen-bond acceptors (Lipinski definition) is 2. The normalized spacial score (nSPS) is 10.7. The molecule has 1 aromatic rings. The molecule has 0 saturated carbocycles. The van der Waals surface area contributed by atoms with Gasteiger partial charge < -0.3 is 5.73 Å². The van der Waals surface area contributed by atoms with Gasteiger partial charge in [-0.2, -0.15) is 0 Å². The predicted molar refractivity (Wildman–Crippen MR) is 51.8 cm³/mol. The van der Waals surface area contributed by atoms with E-state index in [2.05, 4.69) is 13.8 Å². The summed E-state index contributed by atoms with van der Waals surface area (Å²) in [4.78, 5) is 0.928. The smallest absolute Gasteiger partial charge is 0.147 e. The summed E-state index contributed by atoms with van der Waals surface area (Å²) in [6.45, 7) is 4.14. The highest BCUT2D eigenvalue weighted by atomic mass is 32.2. The Kier molecular flexibility index (Phi) is 2.98. The van der Waals surface area contributed by atoms with E-state index in [4.69, 9.17) is 5.73 Å². The monoisotopic (exact) mass is 185 g/mol. The number of nitrogens with two attached hydrogens (primary N) is 1. The molecule has 0 aliphatic carbocycles. The maximum atomic E-state index is 12.9. The third-order valence-electron chi connectivity index (χ3n) is 1.34. The topological polar surface area (TPSA) is 26.0 Å². The Bertz CT molecular complexity index is 273. The lowest BCUT2D eigenvalue weighted by atomic mass is 10.3. The van der Waals surface area contributed by atoms with Crippen LogP contribution in [-0.2, 0) is 0 Å².